The SMILES string of the molecule is Cc1cc(C)c(C(=O)O)c(SCC(=O)NC(C)C(C)C)n1. The van der Waals surface area contributed by atoms with Crippen LogP contribution in [0, 0.1) is 19.8 Å². The van der Waals surface area contributed by atoms with Gasteiger partial charge in [-0.25, -0.2) is 9.78 Å². The number of thioether (sulfide) groups is 1. The summed E-state index contributed by atoms with van der Waals surface area (Å²) in [6, 6.07) is 1.82. The first-order chi connectivity index (χ1) is 9.72. The van der Waals surface area contributed by atoms with Gasteiger partial charge >= 0.3 is 5.97 Å². The van der Waals surface area contributed by atoms with Crippen LogP contribution in [0.15, 0.2) is 11.1 Å². The normalized spacial score (nSPS) is 12.3. The van der Waals surface area contributed by atoms with Crippen molar-refractivity contribution in [1.82, 2.24) is 10.3 Å². The van der Waals surface area contributed by atoms with Crippen molar-refractivity contribution in [3.63, 3.8) is 0 Å². The van der Waals surface area contributed by atoms with Crippen LogP contribution in [0.25, 0.3) is 0 Å². The van der Waals surface area contributed by atoms with Crippen LogP contribution in [0.1, 0.15) is 42.4 Å². The van der Waals surface area contributed by atoms with Crippen molar-refractivity contribution in [3.8, 4) is 0 Å². The molecule has 5 nitrogen and oxygen atoms in total. The zero-order chi connectivity index (χ0) is 16.2. The van der Waals surface area contributed by atoms with E-state index >= 15 is 0 Å². The topological polar surface area (TPSA) is 79.3 Å². The molecule has 116 valence electrons. The van der Waals surface area contributed by atoms with E-state index in [2.05, 4.69) is 10.3 Å². The lowest BCUT2D eigenvalue weighted by atomic mass is 10.1. The number of nitrogens with one attached hydrogen (secondary N) is 1. The van der Waals surface area contributed by atoms with Gasteiger partial charge in [-0.05, 0) is 38.3 Å². The molecule has 0 fully saturated rings. The molecule has 0 saturated carbocycles. The molecule has 0 bridgehead atoms. The Hall–Kier alpha value is -1.56. The second-order valence-electron chi connectivity index (χ2n) is 5.45. The molecule has 1 aromatic rings. The molecule has 21 heavy (non-hydrogen) atoms. The van der Waals surface area contributed by atoms with Gasteiger partial charge in [-0.1, -0.05) is 25.6 Å². The Balaban J connectivity index is 2.80. The van der Waals surface area contributed by atoms with E-state index in [1.54, 1.807) is 13.0 Å². The van der Waals surface area contributed by atoms with Crippen LogP contribution in [-0.2, 0) is 4.79 Å². The maximum absolute atomic E-state index is 11.9. The van der Waals surface area contributed by atoms with E-state index in [0.717, 1.165) is 17.5 Å². The molecule has 1 heterocycles. The third-order valence-electron chi connectivity index (χ3n) is 3.25. The molecule has 1 rings (SSSR count). The number of aromatic carboxylic acids is 1. The molecule has 1 atom stereocenters. The minimum absolute atomic E-state index is 0.0873. The van der Waals surface area contributed by atoms with E-state index in [1.165, 1.54) is 0 Å². The molecule has 1 unspecified atom stereocenters. The molecular formula is C15H22N2O3S. The van der Waals surface area contributed by atoms with Gasteiger partial charge in [0.1, 0.15) is 5.03 Å². The standard InChI is InChI=1S/C15H22N2O3S/c1-8(2)11(5)17-12(18)7-21-14-13(15(19)20)9(3)6-10(4)16-14/h6,8,11H,7H2,1-5H3,(H,17,18)(H,19,20). The highest BCUT2D eigenvalue weighted by atomic mass is 32.2. The molecule has 1 aromatic heterocycles. The number of nitrogens with zero attached hydrogens (tertiary/aromatic N) is 1. The van der Waals surface area contributed by atoms with Crippen molar-refractivity contribution in [2.45, 2.75) is 45.7 Å². The molecule has 0 aliphatic carbocycles. The lowest BCUT2D eigenvalue weighted by molar-refractivity contribution is -0.119. The summed E-state index contributed by atoms with van der Waals surface area (Å²) in [5.74, 6) is -0.613. The lowest BCUT2D eigenvalue weighted by Crippen LogP contribution is -2.37. The number of carbonyl (C=O) groups excluding carboxylic acids is 1. The molecule has 0 aromatic carbocycles. The number of amides is 1. The molecule has 6 heteroatoms. The summed E-state index contributed by atoms with van der Waals surface area (Å²) in [7, 11) is 0. The fourth-order valence-electron chi connectivity index (χ4n) is 1.76. The molecule has 0 spiro atoms. The third kappa shape index (κ3) is 5.04. The highest BCUT2D eigenvalue weighted by Gasteiger charge is 2.18. The third-order valence-corrected chi connectivity index (χ3v) is 4.23. The number of rotatable bonds is 6. The van der Waals surface area contributed by atoms with Crippen LogP contribution in [-0.4, -0.2) is 33.8 Å². The summed E-state index contributed by atoms with van der Waals surface area (Å²) in [5, 5.41) is 12.6. The number of aromatic nitrogens is 1. The molecule has 0 aliphatic rings. The van der Waals surface area contributed by atoms with Crippen LogP contribution in [0.2, 0.25) is 0 Å². The molecule has 0 saturated heterocycles. The van der Waals surface area contributed by atoms with Crippen LogP contribution >= 0.6 is 11.8 Å². The summed E-state index contributed by atoms with van der Waals surface area (Å²) in [6.07, 6.45) is 0. The number of carbonyl (C=O) groups is 2. The largest absolute Gasteiger partial charge is 0.478 e. The second kappa shape index (κ2) is 7.45. The molecule has 1 amide bonds. The average Bonchev–Trinajstić information content (AvgIpc) is 2.34. The van der Waals surface area contributed by atoms with Crippen molar-refractivity contribution in [1.29, 1.82) is 0 Å². The molecule has 0 aliphatic heterocycles. The lowest BCUT2D eigenvalue weighted by Gasteiger charge is -2.17. The Labute approximate surface area is 129 Å². The van der Waals surface area contributed by atoms with Crippen LogP contribution in [0.4, 0.5) is 0 Å². The van der Waals surface area contributed by atoms with Crippen molar-refractivity contribution in [2.75, 3.05) is 5.75 Å². The Bertz CT molecular complexity index is 544. The van der Waals surface area contributed by atoms with Crippen LogP contribution in [0.3, 0.4) is 0 Å². The van der Waals surface area contributed by atoms with Gasteiger partial charge in [0.2, 0.25) is 5.91 Å². The first-order valence-corrected chi connectivity index (χ1v) is 7.84. The highest BCUT2D eigenvalue weighted by Crippen LogP contribution is 2.24. The predicted octanol–water partition coefficient (Wildman–Crippen LogP) is 2.65. The zero-order valence-corrected chi connectivity index (χ0v) is 13.9. The number of hydrogen-bond acceptors (Lipinski definition) is 4. The number of carboxylic acids is 1. The monoisotopic (exact) mass is 310 g/mol. The molecule has 0 radical (unpaired) electrons. The van der Waals surface area contributed by atoms with Gasteiger partial charge in [0.15, 0.2) is 0 Å². The second-order valence-corrected chi connectivity index (χ2v) is 6.42. The molecule has 2 N–H and O–H groups in total. The number of aryl methyl sites for hydroxylation is 2. The highest BCUT2D eigenvalue weighted by molar-refractivity contribution is 8.00. The van der Waals surface area contributed by atoms with Crippen LogP contribution < -0.4 is 5.32 Å². The van der Waals surface area contributed by atoms with Crippen molar-refractivity contribution >= 4 is 23.6 Å². The summed E-state index contributed by atoms with van der Waals surface area (Å²) in [4.78, 5) is 27.4. The summed E-state index contributed by atoms with van der Waals surface area (Å²) in [5.41, 5.74) is 1.58. The smallest absolute Gasteiger partial charge is 0.338 e. The number of carboxylic acid groups (broad SMARTS) is 1. The van der Waals surface area contributed by atoms with E-state index in [1.807, 2.05) is 27.7 Å². The zero-order valence-electron chi connectivity index (χ0n) is 13.1. The maximum atomic E-state index is 11.9. The Morgan fingerprint density at radius 3 is 2.48 bits per heavy atom. The van der Waals surface area contributed by atoms with E-state index in [-0.39, 0.29) is 23.3 Å². The minimum Gasteiger partial charge on any atom is -0.478 e. The maximum Gasteiger partial charge on any atom is 0.338 e. The fourth-order valence-corrected chi connectivity index (χ4v) is 2.72. The van der Waals surface area contributed by atoms with Crippen LogP contribution in [0.5, 0.6) is 0 Å². The summed E-state index contributed by atoms with van der Waals surface area (Å²) >= 11 is 1.16. The van der Waals surface area contributed by atoms with Gasteiger partial charge < -0.3 is 10.4 Å². The van der Waals surface area contributed by atoms with E-state index in [0.29, 0.717) is 16.5 Å². The van der Waals surface area contributed by atoms with E-state index in [4.69, 9.17) is 0 Å². The van der Waals surface area contributed by atoms with Crippen molar-refractivity contribution < 1.29 is 14.7 Å². The quantitative estimate of drug-likeness (QED) is 0.790. The fraction of sp³-hybridized carbons (Fsp3) is 0.533. The number of hydrogen-bond donors (Lipinski definition) is 2. The Morgan fingerprint density at radius 1 is 1.33 bits per heavy atom. The summed E-state index contributed by atoms with van der Waals surface area (Å²) in [6.45, 7) is 9.57. The van der Waals surface area contributed by atoms with Crippen molar-refractivity contribution in [3.05, 3.63) is 22.9 Å². The minimum atomic E-state index is -1.02. The van der Waals surface area contributed by atoms with Gasteiger partial charge in [-0.15, -0.1) is 0 Å². The number of pyridine rings is 1. The first-order valence-electron chi connectivity index (χ1n) is 6.86. The summed E-state index contributed by atoms with van der Waals surface area (Å²) < 4.78 is 0. The van der Waals surface area contributed by atoms with Gasteiger partial charge in [-0.3, -0.25) is 4.79 Å². The Morgan fingerprint density at radius 2 is 1.95 bits per heavy atom. The van der Waals surface area contributed by atoms with Crippen molar-refractivity contribution in [2.24, 2.45) is 5.92 Å². The predicted molar refractivity (Wildman–Crippen MR) is 83.8 cm³/mol. The average molecular weight is 310 g/mol. The van der Waals surface area contributed by atoms with Gasteiger partial charge in [0.05, 0.1) is 11.3 Å². The first kappa shape index (κ1) is 17.5. The molecular weight excluding hydrogens is 288 g/mol. The Kier molecular flexibility index (Phi) is 6.20. The van der Waals surface area contributed by atoms with Gasteiger partial charge in [-0.2, -0.15) is 0 Å². The van der Waals surface area contributed by atoms with Gasteiger partial charge in [0, 0.05) is 11.7 Å². The van der Waals surface area contributed by atoms with E-state index in [9.17, 15) is 14.7 Å². The van der Waals surface area contributed by atoms with Gasteiger partial charge in [0.25, 0.3) is 0 Å². The van der Waals surface area contributed by atoms with E-state index < -0.39 is 5.97 Å².